The molecule has 0 radical (unpaired) electrons. The highest BCUT2D eigenvalue weighted by molar-refractivity contribution is 8.00. The lowest BCUT2D eigenvalue weighted by atomic mass is 9.94. The van der Waals surface area contributed by atoms with Crippen LogP contribution >= 0.6 is 11.8 Å². The fourth-order valence-electron chi connectivity index (χ4n) is 3.18. The van der Waals surface area contributed by atoms with Crippen molar-refractivity contribution in [2.75, 3.05) is 30.7 Å². The highest BCUT2D eigenvalue weighted by atomic mass is 32.2. The zero-order valence-corrected chi connectivity index (χ0v) is 15.3. The molecular weight excluding hydrogens is 340 g/mol. The first-order valence-electron chi connectivity index (χ1n) is 8.66. The maximum Gasteiger partial charge on any atom is 0.234 e. The highest BCUT2D eigenvalue weighted by Gasteiger charge is 2.22. The number of amides is 2. The van der Waals surface area contributed by atoms with E-state index in [0.29, 0.717) is 29.0 Å². The van der Waals surface area contributed by atoms with Gasteiger partial charge in [-0.3, -0.25) is 9.59 Å². The van der Waals surface area contributed by atoms with E-state index in [1.807, 2.05) is 11.9 Å². The molecule has 1 N–H and O–H groups in total. The number of hydrogen-bond acceptors (Lipinski definition) is 5. The van der Waals surface area contributed by atoms with Crippen molar-refractivity contribution in [1.29, 1.82) is 0 Å². The van der Waals surface area contributed by atoms with E-state index in [1.165, 1.54) is 31.0 Å². The number of benzene rings is 1. The van der Waals surface area contributed by atoms with Crippen molar-refractivity contribution in [3.8, 4) is 11.5 Å². The molecule has 1 aromatic carbocycles. The first-order valence-corrected chi connectivity index (χ1v) is 9.82. The SMILES string of the molecule is CN(C(=O)CSCC(=O)Nc1ccc2c(c1)OCO2)C1CCCCC1. The van der Waals surface area contributed by atoms with Gasteiger partial charge in [-0.15, -0.1) is 11.8 Å². The summed E-state index contributed by atoms with van der Waals surface area (Å²) in [5.74, 6) is 1.88. The normalized spacial score (nSPS) is 16.5. The van der Waals surface area contributed by atoms with Crippen molar-refractivity contribution in [3.63, 3.8) is 0 Å². The molecule has 2 aliphatic rings. The number of thioether (sulfide) groups is 1. The second-order valence-electron chi connectivity index (χ2n) is 6.41. The molecule has 6 nitrogen and oxygen atoms in total. The molecule has 1 aliphatic carbocycles. The molecule has 7 heteroatoms. The summed E-state index contributed by atoms with van der Waals surface area (Å²) in [5.41, 5.74) is 0.667. The van der Waals surface area contributed by atoms with Crippen LogP contribution in [-0.4, -0.2) is 48.1 Å². The minimum absolute atomic E-state index is 0.104. The third kappa shape index (κ3) is 4.81. The van der Waals surface area contributed by atoms with Crippen LogP contribution in [0, 0.1) is 0 Å². The molecule has 1 fully saturated rings. The van der Waals surface area contributed by atoms with E-state index in [9.17, 15) is 9.59 Å². The van der Waals surface area contributed by atoms with E-state index in [2.05, 4.69) is 5.32 Å². The Kier molecular flexibility index (Phi) is 6.07. The Bertz CT molecular complexity index is 632. The molecule has 0 bridgehead atoms. The van der Waals surface area contributed by atoms with Crippen LogP contribution in [0.25, 0.3) is 0 Å². The van der Waals surface area contributed by atoms with Gasteiger partial charge >= 0.3 is 0 Å². The molecule has 25 heavy (non-hydrogen) atoms. The van der Waals surface area contributed by atoms with Crippen molar-refractivity contribution in [2.24, 2.45) is 0 Å². The Morgan fingerprint density at radius 3 is 2.72 bits per heavy atom. The third-order valence-corrected chi connectivity index (χ3v) is 5.55. The van der Waals surface area contributed by atoms with Crippen molar-refractivity contribution in [1.82, 2.24) is 4.90 Å². The number of carbonyl (C=O) groups is 2. The van der Waals surface area contributed by atoms with E-state index in [-0.39, 0.29) is 24.4 Å². The van der Waals surface area contributed by atoms with Crippen LogP contribution in [0.2, 0.25) is 0 Å². The largest absolute Gasteiger partial charge is 0.454 e. The molecule has 3 rings (SSSR count). The first kappa shape index (κ1) is 17.9. The summed E-state index contributed by atoms with van der Waals surface area (Å²) in [4.78, 5) is 26.2. The number of rotatable bonds is 6. The second-order valence-corrected chi connectivity index (χ2v) is 7.39. The lowest BCUT2D eigenvalue weighted by Crippen LogP contribution is -2.39. The topological polar surface area (TPSA) is 67.9 Å². The number of nitrogens with one attached hydrogen (secondary N) is 1. The average molecular weight is 364 g/mol. The van der Waals surface area contributed by atoms with Gasteiger partial charge in [0, 0.05) is 24.8 Å². The monoisotopic (exact) mass is 364 g/mol. The predicted octanol–water partition coefficient (Wildman–Crippen LogP) is 2.88. The highest BCUT2D eigenvalue weighted by Crippen LogP contribution is 2.34. The van der Waals surface area contributed by atoms with Gasteiger partial charge in [-0.05, 0) is 25.0 Å². The number of carbonyl (C=O) groups excluding carboxylic acids is 2. The lowest BCUT2D eigenvalue weighted by Gasteiger charge is -2.31. The zero-order chi connectivity index (χ0) is 17.6. The van der Waals surface area contributed by atoms with Crippen LogP contribution in [0.4, 0.5) is 5.69 Å². The number of anilines is 1. The minimum Gasteiger partial charge on any atom is -0.454 e. The van der Waals surface area contributed by atoms with Crippen molar-refractivity contribution < 1.29 is 19.1 Å². The second kappa shape index (κ2) is 8.47. The number of nitrogens with zero attached hydrogens (tertiary/aromatic N) is 1. The Labute approximate surface area is 152 Å². The molecule has 0 aromatic heterocycles. The van der Waals surface area contributed by atoms with Crippen LogP contribution in [0.5, 0.6) is 11.5 Å². The summed E-state index contributed by atoms with van der Waals surface area (Å²) in [5, 5.41) is 2.82. The molecule has 1 aliphatic heterocycles. The Morgan fingerprint density at radius 2 is 1.92 bits per heavy atom. The van der Waals surface area contributed by atoms with Crippen molar-refractivity contribution in [2.45, 2.75) is 38.1 Å². The standard InChI is InChI=1S/C18H24N2O4S/c1-20(14-5-3-2-4-6-14)18(22)11-25-10-17(21)19-13-7-8-15-16(9-13)24-12-23-15/h7-9,14H,2-6,10-12H2,1H3,(H,19,21). The fourth-order valence-corrected chi connectivity index (χ4v) is 3.91. The molecule has 136 valence electrons. The van der Waals surface area contributed by atoms with Gasteiger partial charge in [0.15, 0.2) is 11.5 Å². The molecule has 1 aromatic rings. The van der Waals surface area contributed by atoms with Crippen LogP contribution in [0.1, 0.15) is 32.1 Å². The number of ether oxygens (including phenoxy) is 2. The van der Waals surface area contributed by atoms with E-state index in [4.69, 9.17) is 9.47 Å². The molecule has 0 saturated heterocycles. The third-order valence-electron chi connectivity index (χ3n) is 4.63. The Hall–Kier alpha value is -1.89. The lowest BCUT2D eigenvalue weighted by molar-refractivity contribution is -0.129. The summed E-state index contributed by atoms with van der Waals surface area (Å²) >= 11 is 1.35. The van der Waals surface area contributed by atoms with Gasteiger partial charge in [-0.25, -0.2) is 0 Å². The molecule has 1 saturated carbocycles. The molecular formula is C18H24N2O4S. The zero-order valence-electron chi connectivity index (χ0n) is 14.5. The number of fused-ring (bicyclic) bond motifs is 1. The maximum atomic E-state index is 12.3. The summed E-state index contributed by atoms with van der Waals surface area (Å²) in [6.07, 6.45) is 5.86. The van der Waals surface area contributed by atoms with Crippen LogP contribution < -0.4 is 14.8 Å². The van der Waals surface area contributed by atoms with Gasteiger partial charge in [-0.1, -0.05) is 19.3 Å². The molecule has 1 heterocycles. The Morgan fingerprint density at radius 1 is 1.16 bits per heavy atom. The van der Waals surface area contributed by atoms with Crippen LogP contribution in [0.15, 0.2) is 18.2 Å². The van der Waals surface area contributed by atoms with Crippen LogP contribution in [-0.2, 0) is 9.59 Å². The summed E-state index contributed by atoms with van der Waals surface area (Å²) in [6.45, 7) is 0.208. The van der Waals surface area contributed by atoms with Gasteiger partial charge in [0.05, 0.1) is 11.5 Å². The van der Waals surface area contributed by atoms with E-state index >= 15 is 0 Å². The van der Waals surface area contributed by atoms with Crippen molar-refractivity contribution in [3.05, 3.63) is 18.2 Å². The smallest absolute Gasteiger partial charge is 0.234 e. The van der Waals surface area contributed by atoms with Gasteiger partial charge in [0.25, 0.3) is 0 Å². The van der Waals surface area contributed by atoms with Gasteiger partial charge in [0.2, 0.25) is 18.6 Å². The first-order chi connectivity index (χ1) is 12.1. The van der Waals surface area contributed by atoms with Gasteiger partial charge in [0.1, 0.15) is 0 Å². The van der Waals surface area contributed by atoms with Crippen LogP contribution in [0.3, 0.4) is 0 Å². The van der Waals surface area contributed by atoms with Gasteiger partial charge < -0.3 is 19.7 Å². The van der Waals surface area contributed by atoms with E-state index in [1.54, 1.807) is 18.2 Å². The quantitative estimate of drug-likeness (QED) is 0.841. The summed E-state index contributed by atoms with van der Waals surface area (Å²) in [6, 6.07) is 5.66. The van der Waals surface area contributed by atoms with Gasteiger partial charge in [-0.2, -0.15) is 0 Å². The van der Waals surface area contributed by atoms with Crippen molar-refractivity contribution >= 4 is 29.3 Å². The summed E-state index contributed by atoms with van der Waals surface area (Å²) in [7, 11) is 1.88. The average Bonchev–Trinajstić information content (AvgIpc) is 3.09. The molecule has 0 unspecified atom stereocenters. The van der Waals surface area contributed by atoms with E-state index in [0.717, 1.165) is 12.8 Å². The minimum atomic E-state index is -0.128. The summed E-state index contributed by atoms with van der Waals surface area (Å²) < 4.78 is 10.5. The Balaban J connectivity index is 1.39. The molecule has 0 atom stereocenters. The predicted molar refractivity (Wildman–Crippen MR) is 98.2 cm³/mol. The fraction of sp³-hybridized carbons (Fsp3) is 0.556. The van der Waals surface area contributed by atoms with E-state index < -0.39 is 0 Å². The molecule has 0 spiro atoms. The number of hydrogen-bond donors (Lipinski definition) is 1. The molecule has 2 amide bonds. The maximum absolute atomic E-state index is 12.3.